The van der Waals surface area contributed by atoms with Gasteiger partial charge in [-0.2, -0.15) is 0 Å². The second-order valence-corrected chi connectivity index (χ2v) is 5.07. The first-order valence-corrected chi connectivity index (χ1v) is 8.01. The SMILES string of the molecule is [CH2]CCCC=CCCC=CCCCCCCCC. The van der Waals surface area contributed by atoms with Crippen LogP contribution in [0.3, 0.4) is 0 Å². The zero-order valence-electron chi connectivity index (χ0n) is 12.5. The number of rotatable bonds is 13. The maximum atomic E-state index is 3.84. The Hall–Kier alpha value is -0.520. The predicted molar refractivity (Wildman–Crippen MR) is 84.7 cm³/mol. The van der Waals surface area contributed by atoms with Crippen LogP contribution in [0.15, 0.2) is 24.3 Å². The molecule has 1 radical (unpaired) electrons. The van der Waals surface area contributed by atoms with Crippen molar-refractivity contribution in [1.29, 1.82) is 0 Å². The summed E-state index contributed by atoms with van der Waals surface area (Å²) in [6, 6.07) is 0. The quantitative estimate of drug-likeness (QED) is 0.254. The fourth-order valence-corrected chi connectivity index (χ4v) is 1.97. The van der Waals surface area contributed by atoms with Crippen LogP contribution in [0.4, 0.5) is 0 Å². The second kappa shape index (κ2) is 16.5. The van der Waals surface area contributed by atoms with Gasteiger partial charge < -0.3 is 0 Å². The minimum Gasteiger partial charge on any atom is -0.0885 e. The first-order valence-electron chi connectivity index (χ1n) is 8.01. The highest BCUT2D eigenvalue weighted by Crippen LogP contribution is 2.07. The Morgan fingerprint density at radius 2 is 1.11 bits per heavy atom. The largest absolute Gasteiger partial charge is 0.0885 e. The topological polar surface area (TPSA) is 0 Å². The van der Waals surface area contributed by atoms with E-state index in [2.05, 4.69) is 38.2 Å². The van der Waals surface area contributed by atoms with Crippen LogP contribution in [0.25, 0.3) is 0 Å². The molecule has 0 saturated heterocycles. The number of hydrogen-bond acceptors (Lipinski definition) is 0. The van der Waals surface area contributed by atoms with Gasteiger partial charge in [-0.15, -0.1) is 0 Å². The monoisotopic (exact) mass is 249 g/mol. The number of allylic oxidation sites excluding steroid dienone is 4. The maximum absolute atomic E-state index is 3.84. The minimum absolute atomic E-state index is 1.06. The molecule has 0 amide bonds. The molecule has 0 aliphatic rings. The van der Waals surface area contributed by atoms with Gasteiger partial charge >= 0.3 is 0 Å². The van der Waals surface area contributed by atoms with Crippen LogP contribution in [-0.4, -0.2) is 0 Å². The summed E-state index contributed by atoms with van der Waals surface area (Å²) in [4.78, 5) is 0. The van der Waals surface area contributed by atoms with Crippen molar-refractivity contribution >= 4 is 0 Å². The van der Waals surface area contributed by atoms with E-state index in [1.165, 1.54) is 70.6 Å². The summed E-state index contributed by atoms with van der Waals surface area (Å²) < 4.78 is 0. The van der Waals surface area contributed by atoms with E-state index in [1.807, 2.05) is 0 Å². The van der Waals surface area contributed by atoms with Gasteiger partial charge in [0, 0.05) is 0 Å². The molecule has 0 aromatic heterocycles. The van der Waals surface area contributed by atoms with E-state index < -0.39 is 0 Å². The van der Waals surface area contributed by atoms with Gasteiger partial charge in [0.05, 0.1) is 0 Å². The van der Waals surface area contributed by atoms with Crippen molar-refractivity contribution in [2.24, 2.45) is 0 Å². The summed E-state index contributed by atoms with van der Waals surface area (Å²) in [6.45, 7) is 6.11. The Morgan fingerprint density at radius 1 is 0.611 bits per heavy atom. The third kappa shape index (κ3) is 15.5. The van der Waals surface area contributed by atoms with Crippen molar-refractivity contribution in [3.8, 4) is 0 Å². The van der Waals surface area contributed by atoms with Crippen molar-refractivity contribution in [2.75, 3.05) is 0 Å². The van der Waals surface area contributed by atoms with Crippen molar-refractivity contribution < 1.29 is 0 Å². The highest BCUT2D eigenvalue weighted by Gasteiger charge is 1.87. The molecule has 0 unspecified atom stereocenters. The lowest BCUT2D eigenvalue weighted by Crippen LogP contribution is -1.77. The standard InChI is InChI=1S/C18H33/c1-3-5-7-9-11-13-15-17-18-16-14-12-10-8-6-4-2/h9,11,17-18H,1,3-8,10,12-16H2,2H3. The van der Waals surface area contributed by atoms with Crippen LogP contribution in [0.5, 0.6) is 0 Å². The summed E-state index contributed by atoms with van der Waals surface area (Å²) >= 11 is 0. The van der Waals surface area contributed by atoms with Gasteiger partial charge in [-0.05, 0) is 38.5 Å². The Bertz CT molecular complexity index is 188. The lowest BCUT2D eigenvalue weighted by Gasteiger charge is -1.97. The smallest absolute Gasteiger partial charge is 0.0316 e. The molecular weight excluding hydrogens is 216 g/mol. The maximum Gasteiger partial charge on any atom is -0.0316 e. The Morgan fingerprint density at radius 3 is 1.72 bits per heavy atom. The van der Waals surface area contributed by atoms with Gasteiger partial charge in [-0.1, -0.05) is 76.7 Å². The van der Waals surface area contributed by atoms with E-state index in [4.69, 9.17) is 0 Å². The fourth-order valence-electron chi connectivity index (χ4n) is 1.97. The molecule has 0 saturated carbocycles. The van der Waals surface area contributed by atoms with E-state index in [0.717, 1.165) is 6.42 Å². The third-order valence-electron chi connectivity index (χ3n) is 3.18. The first kappa shape index (κ1) is 17.5. The summed E-state index contributed by atoms with van der Waals surface area (Å²) in [5.74, 6) is 0. The van der Waals surface area contributed by atoms with Crippen LogP contribution < -0.4 is 0 Å². The zero-order valence-corrected chi connectivity index (χ0v) is 12.5. The molecular formula is C18H33. The molecule has 0 heterocycles. The average molecular weight is 249 g/mol. The van der Waals surface area contributed by atoms with Gasteiger partial charge in [-0.25, -0.2) is 0 Å². The van der Waals surface area contributed by atoms with E-state index in [9.17, 15) is 0 Å². The fraction of sp³-hybridized carbons (Fsp3) is 0.722. The molecule has 0 fully saturated rings. The molecule has 0 aromatic rings. The lowest BCUT2D eigenvalue weighted by molar-refractivity contribution is 0.611. The highest BCUT2D eigenvalue weighted by atomic mass is 13.9. The van der Waals surface area contributed by atoms with Gasteiger partial charge in [0.25, 0.3) is 0 Å². The zero-order chi connectivity index (χ0) is 13.3. The van der Waals surface area contributed by atoms with E-state index >= 15 is 0 Å². The molecule has 0 aromatic carbocycles. The van der Waals surface area contributed by atoms with E-state index in [1.54, 1.807) is 0 Å². The first-order chi connectivity index (χ1) is 8.91. The van der Waals surface area contributed by atoms with Crippen molar-refractivity contribution in [3.63, 3.8) is 0 Å². The molecule has 0 nitrogen and oxygen atoms in total. The molecule has 0 atom stereocenters. The second-order valence-electron chi connectivity index (χ2n) is 5.07. The van der Waals surface area contributed by atoms with E-state index in [0.29, 0.717) is 0 Å². The van der Waals surface area contributed by atoms with Crippen LogP contribution in [0, 0.1) is 6.92 Å². The molecule has 0 heteroatoms. The van der Waals surface area contributed by atoms with Gasteiger partial charge in [0.15, 0.2) is 0 Å². The average Bonchev–Trinajstić information content (AvgIpc) is 2.39. The molecule has 0 aliphatic carbocycles. The number of hydrogen-bond donors (Lipinski definition) is 0. The molecule has 0 spiro atoms. The summed E-state index contributed by atoms with van der Waals surface area (Å²) in [7, 11) is 0. The molecule has 18 heavy (non-hydrogen) atoms. The Kier molecular flexibility index (Phi) is 16.0. The van der Waals surface area contributed by atoms with Crippen LogP contribution >= 0.6 is 0 Å². The van der Waals surface area contributed by atoms with Crippen LogP contribution in [0.2, 0.25) is 0 Å². The normalized spacial score (nSPS) is 11.9. The summed E-state index contributed by atoms with van der Waals surface area (Å²) in [5.41, 5.74) is 0. The van der Waals surface area contributed by atoms with Gasteiger partial charge in [-0.3, -0.25) is 0 Å². The molecule has 105 valence electrons. The summed E-state index contributed by atoms with van der Waals surface area (Å²) in [6.07, 6.45) is 24.9. The molecule has 0 bridgehead atoms. The van der Waals surface area contributed by atoms with Crippen molar-refractivity contribution in [2.45, 2.75) is 84.0 Å². The Labute approximate surface area is 116 Å². The van der Waals surface area contributed by atoms with E-state index in [-0.39, 0.29) is 0 Å². The van der Waals surface area contributed by atoms with Crippen LogP contribution in [0.1, 0.15) is 84.0 Å². The number of unbranched alkanes of at least 4 members (excludes halogenated alkanes) is 9. The molecule has 0 rings (SSSR count). The summed E-state index contributed by atoms with van der Waals surface area (Å²) in [5, 5.41) is 0. The van der Waals surface area contributed by atoms with Gasteiger partial charge in [0.2, 0.25) is 0 Å². The highest BCUT2D eigenvalue weighted by molar-refractivity contribution is 4.88. The predicted octanol–water partition coefficient (Wildman–Crippen LogP) is 6.63. The van der Waals surface area contributed by atoms with Crippen molar-refractivity contribution in [1.82, 2.24) is 0 Å². The van der Waals surface area contributed by atoms with Crippen LogP contribution in [-0.2, 0) is 0 Å². The third-order valence-corrected chi connectivity index (χ3v) is 3.18. The van der Waals surface area contributed by atoms with Crippen molar-refractivity contribution in [3.05, 3.63) is 31.2 Å². The molecule has 0 N–H and O–H groups in total. The van der Waals surface area contributed by atoms with Gasteiger partial charge in [0.1, 0.15) is 0 Å². The minimum atomic E-state index is 1.06. The Balaban J connectivity index is 3.11. The molecule has 0 aliphatic heterocycles. The lowest BCUT2D eigenvalue weighted by atomic mass is 10.1.